The van der Waals surface area contributed by atoms with E-state index in [1.54, 1.807) is 4.90 Å². The van der Waals surface area contributed by atoms with Crippen molar-refractivity contribution in [3.63, 3.8) is 0 Å². The van der Waals surface area contributed by atoms with Crippen LogP contribution in [0.25, 0.3) is 0 Å². The van der Waals surface area contributed by atoms with E-state index in [1.165, 1.54) is 11.9 Å². The molecule has 0 saturated carbocycles. The number of aliphatic hydroxyl groups is 1. The second kappa shape index (κ2) is 4.97. The standard InChI is InChI=1S/C9H16N2O4/c1-10(5-8(13)14)9(15)11-3-2-7(4-11)6-12/h7,12H,2-6H2,1H3,(H,13,14). The third-order valence-electron chi connectivity index (χ3n) is 2.51. The fourth-order valence-corrected chi connectivity index (χ4v) is 1.67. The molecule has 6 nitrogen and oxygen atoms in total. The van der Waals surface area contributed by atoms with E-state index in [9.17, 15) is 9.59 Å². The number of carboxylic acids is 1. The number of rotatable bonds is 3. The molecule has 0 radical (unpaired) electrons. The highest BCUT2D eigenvalue weighted by Gasteiger charge is 2.28. The average Bonchev–Trinajstić information content (AvgIpc) is 2.63. The fraction of sp³-hybridized carbons (Fsp3) is 0.778. The van der Waals surface area contributed by atoms with E-state index in [0.29, 0.717) is 13.1 Å². The molecule has 0 aliphatic carbocycles. The second-order valence-corrected chi connectivity index (χ2v) is 3.82. The molecule has 2 amide bonds. The Balaban J connectivity index is 2.44. The number of amides is 2. The van der Waals surface area contributed by atoms with E-state index in [1.807, 2.05) is 0 Å². The summed E-state index contributed by atoms with van der Waals surface area (Å²) in [5, 5.41) is 17.4. The largest absolute Gasteiger partial charge is 0.480 e. The SMILES string of the molecule is CN(CC(=O)O)C(=O)N1CCC(CO)C1. The molecule has 0 bridgehead atoms. The van der Waals surface area contributed by atoms with Gasteiger partial charge >= 0.3 is 12.0 Å². The molecule has 0 aromatic carbocycles. The highest BCUT2D eigenvalue weighted by molar-refractivity contribution is 5.80. The Kier molecular flexibility index (Phi) is 3.90. The van der Waals surface area contributed by atoms with Gasteiger partial charge in [0, 0.05) is 32.7 Å². The Hall–Kier alpha value is -1.30. The van der Waals surface area contributed by atoms with E-state index >= 15 is 0 Å². The fourth-order valence-electron chi connectivity index (χ4n) is 1.67. The lowest BCUT2D eigenvalue weighted by atomic mass is 10.1. The number of hydrogen-bond donors (Lipinski definition) is 2. The van der Waals surface area contributed by atoms with Crippen molar-refractivity contribution in [3.8, 4) is 0 Å². The predicted octanol–water partition coefficient (Wildman–Crippen LogP) is -0.563. The van der Waals surface area contributed by atoms with Gasteiger partial charge in [0.15, 0.2) is 0 Å². The summed E-state index contributed by atoms with van der Waals surface area (Å²) in [6, 6.07) is -0.284. The van der Waals surface area contributed by atoms with Crippen LogP contribution in [0.2, 0.25) is 0 Å². The first kappa shape index (κ1) is 11.8. The van der Waals surface area contributed by atoms with Crippen molar-refractivity contribution in [1.82, 2.24) is 9.80 Å². The van der Waals surface area contributed by atoms with E-state index in [0.717, 1.165) is 6.42 Å². The molecule has 2 N–H and O–H groups in total. The van der Waals surface area contributed by atoms with Gasteiger partial charge in [-0.1, -0.05) is 0 Å². The molecule has 6 heteroatoms. The Morgan fingerprint density at radius 1 is 1.53 bits per heavy atom. The van der Waals surface area contributed by atoms with Crippen LogP contribution in [0.1, 0.15) is 6.42 Å². The molecule has 1 unspecified atom stereocenters. The smallest absolute Gasteiger partial charge is 0.323 e. The van der Waals surface area contributed by atoms with Gasteiger partial charge in [-0.15, -0.1) is 0 Å². The number of aliphatic carboxylic acids is 1. The number of hydrogen-bond acceptors (Lipinski definition) is 3. The molecule has 1 fully saturated rings. The molecule has 0 aromatic heterocycles. The highest BCUT2D eigenvalue weighted by atomic mass is 16.4. The minimum atomic E-state index is -1.02. The molecule has 1 saturated heterocycles. The van der Waals surface area contributed by atoms with Crippen molar-refractivity contribution in [2.24, 2.45) is 5.92 Å². The van der Waals surface area contributed by atoms with Crippen molar-refractivity contribution in [3.05, 3.63) is 0 Å². The lowest BCUT2D eigenvalue weighted by Gasteiger charge is -2.23. The maximum absolute atomic E-state index is 11.6. The zero-order valence-corrected chi connectivity index (χ0v) is 8.72. The van der Waals surface area contributed by atoms with Crippen LogP contribution in [0.4, 0.5) is 4.79 Å². The van der Waals surface area contributed by atoms with E-state index < -0.39 is 5.97 Å². The summed E-state index contributed by atoms with van der Waals surface area (Å²) in [6.07, 6.45) is 0.781. The first-order valence-corrected chi connectivity index (χ1v) is 4.87. The number of aliphatic hydroxyl groups excluding tert-OH is 1. The van der Waals surface area contributed by atoms with Gasteiger partial charge in [0.25, 0.3) is 0 Å². The minimum Gasteiger partial charge on any atom is -0.480 e. The van der Waals surface area contributed by atoms with Crippen molar-refractivity contribution in [2.45, 2.75) is 6.42 Å². The molecule has 86 valence electrons. The first-order chi connectivity index (χ1) is 7.04. The zero-order valence-electron chi connectivity index (χ0n) is 8.72. The number of carbonyl (C=O) groups is 2. The zero-order chi connectivity index (χ0) is 11.4. The van der Waals surface area contributed by atoms with Crippen LogP contribution in [-0.2, 0) is 4.79 Å². The van der Waals surface area contributed by atoms with Crippen LogP contribution in [0.5, 0.6) is 0 Å². The Bertz CT molecular complexity index is 256. The molecule has 1 atom stereocenters. The van der Waals surface area contributed by atoms with Crippen LogP contribution in [0, 0.1) is 5.92 Å². The second-order valence-electron chi connectivity index (χ2n) is 3.82. The van der Waals surface area contributed by atoms with E-state index in [4.69, 9.17) is 10.2 Å². The first-order valence-electron chi connectivity index (χ1n) is 4.87. The highest BCUT2D eigenvalue weighted by Crippen LogP contribution is 2.16. The summed E-state index contributed by atoms with van der Waals surface area (Å²) in [5.74, 6) is -0.893. The van der Waals surface area contributed by atoms with E-state index in [2.05, 4.69) is 0 Å². The Morgan fingerprint density at radius 3 is 2.67 bits per heavy atom. The van der Waals surface area contributed by atoms with Crippen LogP contribution in [0.15, 0.2) is 0 Å². The van der Waals surface area contributed by atoms with Crippen LogP contribution in [0.3, 0.4) is 0 Å². The van der Waals surface area contributed by atoms with Gasteiger partial charge in [-0.2, -0.15) is 0 Å². The van der Waals surface area contributed by atoms with Crippen LogP contribution >= 0.6 is 0 Å². The summed E-state index contributed by atoms with van der Waals surface area (Å²) in [5.41, 5.74) is 0. The normalized spacial score (nSPS) is 20.4. The van der Waals surface area contributed by atoms with Crippen molar-refractivity contribution in [2.75, 3.05) is 33.3 Å². The van der Waals surface area contributed by atoms with Crippen molar-refractivity contribution in [1.29, 1.82) is 0 Å². The molecular weight excluding hydrogens is 200 g/mol. The van der Waals surface area contributed by atoms with Gasteiger partial charge in [-0.25, -0.2) is 4.79 Å². The van der Waals surface area contributed by atoms with Gasteiger partial charge in [0.05, 0.1) is 0 Å². The molecule has 1 aliphatic heterocycles. The number of likely N-dealkylation sites (tertiary alicyclic amines) is 1. The van der Waals surface area contributed by atoms with Gasteiger partial charge in [0.1, 0.15) is 6.54 Å². The average molecular weight is 216 g/mol. The Morgan fingerprint density at radius 2 is 2.20 bits per heavy atom. The van der Waals surface area contributed by atoms with Crippen LogP contribution in [-0.4, -0.2) is 65.3 Å². The number of urea groups is 1. The molecule has 0 aromatic rings. The summed E-state index contributed by atoms with van der Waals surface area (Å²) in [4.78, 5) is 24.8. The van der Waals surface area contributed by atoms with Crippen LogP contribution < -0.4 is 0 Å². The van der Waals surface area contributed by atoms with Crippen molar-refractivity contribution < 1.29 is 19.8 Å². The number of carboxylic acid groups (broad SMARTS) is 1. The number of carbonyl (C=O) groups excluding carboxylic acids is 1. The minimum absolute atomic E-state index is 0.0758. The number of nitrogens with zero attached hydrogens (tertiary/aromatic N) is 2. The maximum atomic E-state index is 11.6. The summed E-state index contributed by atoms with van der Waals surface area (Å²) < 4.78 is 0. The molecular formula is C9H16N2O4. The molecule has 1 rings (SSSR count). The molecule has 1 aliphatic rings. The van der Waals surface area contributed by atoms with Gasteiger partial charge in [-0.05, 0) is 6.42 Å². The summed E-state index contributed by atoms with van der Waals surface area (Å²) in [6.45, 7) is 0.888. The van der Waals surface area contributed by atoms with Gasteiger partial charge in [0.2, 0.25) is 0 Å². The third kappa shape index (κ3) is 3.09. The predicted molar refractivity (Wildman–Crippen MR) is 52.4 cm³/mol. The van der Waals surface area contributed by atoms with Gasteiger partial charge < -0.3 is 20.0 Å². The topological polar surface area (TPSA) is 81.1 Å². The monoisotopic (exact) mass is 216 g/mol. The summed E-state index contributed by atoms with van der Waals surface area (Å²) in [7, 11) is 1.46. The van der Waals surface area contributed by atoms with E-state index in [-0.39, 0.29) is 25.1 Å². The maximum Gasteiger partial charge on any atom is 0.323 e. The quantitative estimate of drug-likeness (QED) is 0.662. The van der Waals surface area contributed by atoms with Gasteiger partial charge in [-0.3, -0.25) is 4.79 Å². The Labute approximate surface area is 88.1 Å². The molecule has 15 heavy (non-hydrogen) atoms. The lowest BCUT2D eigenvalue weighted by molar-refractivity contribution is -0.137. The molecule has 1 heterocycles. The lowest BCUT2D eigenvalue weighted by Crippen LogP contribution is -2.42. The summed E-state index contributed by atoms with van der Waals surface area (Å²) >= 11 is 0. The van der Waals surface area contributed by atoms with Crippen molar-refractivity contribution >= 4 is 12.0 Å². The third-order valence-corrected chi connectivity index (χ3v) is 2.51. The molecule has 0 spiro atoms. The number of likely N-dealkylation sites (N-methyl/N-ethyl adjacent to an activating group) is 1.